The fourth-order valence-corrected chi connectivity index (χ4v) is 2.57. The molecule has 0 saturated carbocycles. The van der Waals surface area contributed by atoms with E-state index in [1.165, 1.54) is 17.7 Å². The van der Waals surface area contributed by atoms with Gasteiger partial charge in [-0.15, -0.1) is 11.3 Å². The molecule has 0 bridgehead atoms. The van der Waals surface area contributed by atoms with Crippen LogP contribution in [0.5, 0.6) is 0 Å². The second kappa shape index (κ2) is 4.17. The summed E-state index contributed by atoms with van der Waals surface area (Å²) in [4.78, 5) is 12.8. The maximum atomic E-state index is 4.30. The maximum absolute atomic E-state index is 4.30. The van der Waals surface area contributed by atoms with E-state index in [0.29, 0.717) is 0 Å². The summed E-state index contributed by atoms with van der Waals surface area (Å²) in [6, 6.07) is 0. The molecule has 0 spiro atoms. The Labute approximate surface area is 97.8 Å². The van der Waals surface area contributed by atoms with Crippen LogP contribution in [0.1, 0.15) is 23.4 Å². The van der Waals surface area contributed by atoms with Crippen molar-refractivity contribution in [2.45, 2.75) is 25.8 Å². The molecular weight excluding hydrogens is 220 g/mol. The van der Waals surface area contributed by atoms with Gasteiger partial charge in [0.05, 0.1) is 17.7 Å². The zero-order valence-electron chi connectivity index (χ0n) is 8.81. The molecule has 0 amide bonds. The third-order valence-electron chi connectivity index (χ3n) is 2.80. The van der Waals surface area contributed by atoms with Gasteiger partial charge in [0, 0.05) is 16.6 Å². The van der Waals surface area contributed by atoms with Crippen molar-refractivity contribution < 1.29 is 0 Å². The molecule has 1 aliphatic rings. The van der Waals surface area contributed by atoms with Crippen LogP contribution >= 0.6 is 11.3 Å². The molecule has 2 aromatic heterocycles. The van der Waals surface area contributed by atoms with Gasteiger partial charge in [-0.2, -0.15) is 0 Å². The number of rotatable bonds is 3. The normalized spacial score (nSPS) is 13.8. The first-order chi connectivity index (χ1) is 7.93. The third-order valence-corrected chi connectivity index (χ3v) is 3.43. The minimum absolute atomic E-state index is 0.743. The Hall–Kier alpha value is -1.49. The lowest BCUT2D eigenvalue weighted by atomic mass is 10.2. The number of aryl methyl sites for hydroxylation is 1. The van der Waals surface area contributed by atoms with E-state index in [1.807, 2.05) is 5.51 Å². The summed E-state index contributed by atoms with van der Waals surface area (Å²) >= 11 is 1.62. The van der Waals surface area contributed by atoms with Crippen molar-refractivity contribution in [2.75, 3.05) is 5.32 Å². The Morgan fingerprint density at radius 2 is 2.25 bits per heavy atom. The van der Waals surface area contributed by atoms with Crippen LogP contribution in [-0.4, -0.2) is 15.0 Å². The highest BCUT2D eigenvalue weighted by Gasteiger charge is 2.16. The molecule has 0 saturated heterocycles. The van der Waals surface area contributed by atoms with Gasteiger partial charge >= 0.3 is 0 Å². The highest BCUT2D eigenvalue weighted by Crippen LogP contribution is 2.25. The largest absolute Gasteiger partial charge is 0.364 e. The van der Waals surface area contributed by atoms with Crippen molar-refractivity contribution in [1.29, 1.82) is 0 Å². The van der Waals surface area contributed by atoms with Gasteiger partial charge in [0.2, 0.25) is 0 Å². The molecule has 0 radical (unpaired) electrons. The first kappa shape index (κ1) is 9.72. The predicted molar refractivity (Wildman–Crippen MR) is 63.5 cm³/mol. The monoisotopic (exact) mass is 232 g/mol. The Kier molecular flexibility index (Phi) is 2.53. The van der Waals surface area contributed by atoms with Crippen LogP contribution in [0, 0.1) is 0 Å². The van der Waals surface area contributed by atoms with E-state index in [1.54, 1.807) is 17.7 Å². The van der Waals surface area contributed by atoms with Gasteiger partial charge in [0.15, 0.2) is 0 Å². The Morgan fingerprint density at radius 3 is 3.12 bits per heavy atom. The molecule has 16 heavy (non-hydrogen) atoms. The summed E-state index contributed by atoms with van der Waals surface area (Å²) in [7, 11) is 0. The van der Waals surface area contributed by atoms with Crippen molar-refractivity contribution in [3.05, 3.63) is 34.2 Å². The second-order valence-electron chi connectivity index (χ2n) is 3.83. The summed E-state index contributed by atoms with van der Waals surface area (Å²) < 4.78 is 0. The Bertz CT molecular complexity index is 481. The van der Waals surface area contributed by atoms with Crippen LogP contribution in [0.4, 0.5) is 5.82 Å². The number of hydrogen-bond donors (Lipinski definition) is 1. The number of aromatic nitrogens is 3. The lowest BCUT2D eigenvalue weighted by Crippen LogP contribution is -2.05. The number of anilines is 1. The van der Waals surface area contributed by atoms with Crippen molar-refractivity contribution in [3.8, 4) is 0 Å². The Morgan fingerprint density at radius 1 is 1.25 bits per heavy atom. The van der Waals surface area contributed by atoms with Gasteiger partial charge in [-0.3, -0.25) is 0 Å². The number of nitrogens with zero attached hydrogens (tertiary/aromatic N) is 3. The Balaban J connectivity index is 1.78. The SMILES string of the molecule is c1nc2c(c(NCc3cscn3)n1)CCC2. The molecule has 2 heterocycles. The highest BCUT2D eigenvalue weighted by atomic mass is 32.1. The van der Waals surface area contributed by atoms with Crippen LogP contribution < -0.4 is 5.32 Å². The zero-order chi connectivity index (χ0) is 10.8. The topological polar surface area (TPSA) is 50.7 Å². The average molecular weight is 232 g/mol. The molecular formula is C11H12N4S. The number of hydrogen-bond acceptors (Lipinski definition) is 5. The summed E-state index contributed by atoms with van der Waals surface area (Å²) in [5, 5.41) is 5.39. The molecule has 2 aromatic rings. The third kappa shape index (κ3) is 1.78. The molecule has 82 valence electrons. The van der Waals surface area contributed by atoms with E-state index in [0.717, 1.165) is 30.9 Å². The molecule has 5 heteroatoms. The lowest BCUT2D eigenvalue weighted by molar-refractivity contribution is 0.899. The lowest BCUT2D eigenvalue weighted by Gasteiger charge is -2.07. The fourth-order valence-electron chi connectivity index (χ4n) is 2.01. The van der Waals surface area contributed by atoms with Gasteiger partial charge in [0.25, 0.3) is 0 Å². The standard InChI is InChI=1S/C11H12N4S/c1-2-9-10(3-1)13-6-14-11(9)12-4-8-5-16-7-15-8/h5-7H,1-4H2,(H,12,13,14). The molecule has 0 fully saturated rings. The molecule has 0 aliphatic heterocycles. The zero-order valence-corrected chi connectivity index (χ0v) is 9.63. The summed E-state index contributed by atoms with van der Waals surface area (Å²) in [5.74, 6) is 0.982. The minimum atomic E-state index is 0.743. The first-order valence-corrected chi connectivity index (χ1v) is 6.31. The van der Waals surface area contributed by atoms with E-state index in [9.17, 15) is 0 Å². The van der Waals surface area contributed by atoms with Crippen molar-refractivity contribution >= 4 is 17.2 Å². The van der Waals surface area contributed by atoms with Crippen molar-refractivity contribution in [3.63, 3.8) is 0 Å². The maximum Gasteiger partial charge on any atom is 0.133 e. The number of thiazole rings is 1. The van der Waals surface area contributed by atoms with Gasteiger partial charge in [-0.25, -0.2) is 15.0 Å². The van der Waals surface area contributed by atoms with Crippen LogP contribution in [0.2, 0.25) is 0 Å². The van der Waals surface area contributed by atoms with Crippen LogP contribution in [0.25, 0.3) is 0 Å². The van der Waals surface area contributed by atoms with Crippen LogP contribution in [0.15, 0.2) is 17.2 Å². The summed E-state index contributed by atoms with van der Waals surface area (Å²) in [6.07, 6.45) is 5.02. The summed E-state index contributed by atoms with van der Waals surface area (Å²) in [6.45, 7) is 0.743. The molecule has 1 N–H and O–H groups in total. The van der Waals surface area contributed by atoms with Crippen molar-refractivity contribution in [2.24, 2.45) is 0 Å². The summed E-state index contributed by atoms with van der Waals surface area (Å²) in [5.41, 5.74) is 5.41. The average Bonchev–Trinajstić information content (AvgIpc) is 2.97. The highest BCUT2D eigenvalue weighted by molar-refractivity contribution is 7.07. The quantitative estimate of drug-likeness (QED) is 0.879. The van der Waals surface area contributed by atoms with Gasteiger partial charge < -0.3 is 5.32 Å². The second-order valence-corrected chi connectivity index (χ2v) is 4.55. The minimum Gasteiger partial charge on any atom is -0.364 e. The van der Waals surface area contributed by atoms with E-state index in [2.05, 4.69) is 25.6 Å². The predicted octanol–water partition coefficient (Wildman–Crippen LogP) is 2.03. The fraction of sp³-hybridized carbons (Fsp3) is 0.364. The van der Waals surface area contributed by atoms with E-state index in [4.69, 9.17) is 0 Å². The molecule has 3 rings (SSSR count). The van der Waals surface area contributed by atoms with E-state index >= 15 is 0 Å². The van der Waals surface area contributed by atoms with Gasteiger partial charge in [-0.1, -0.05) is 0 Å². The smallest absolute Gasteiger partial charge is 0.133 e. The van der Waals surface area contributed by atoms with Crippen LogP contribution in [0.3, 0.4) is 0 Å². The number of nitrogens with one attached hydrogen (secondary N) is 1. The molecule has 4 nitrogen and oxygen atoms in total. The van der Waals surface area contributed by atoms with E-state index in [-0.39, 0.29) is 0 Å². The molecule has 1 aliphatic carbocycles. The first-order valence-electron chi connectivity index (χ1n) is 5.37. The molecule has 0 aromatic carbocycles. The van der Waals surface area contributed by atoms with Gasteiger partial charge in [0.1, 0.15) is 12.1 Å². The molecule has 0 atom stereocenters. The van der Waals surface area contributed by atoms with Gasteiger partial charge in [-0.05, 0) is 19.3 Å². The van der Waals surface area contributed by atoms with E-state index < -0.39 is 0 Å². The van der Waals surface area contributed by atoms with Crippen molar-refractivity contribution in [1.82, 2.24) is 15.0 Å². The number of fused-ring (bicyclic) bond motifs is 1. The van der Waals surface area contributed by atoms with Crippen LogP contribution in [-0.2, 0) is 19.4 Å². The molecule has 0 unspecified atom stereocenters.